The van der Waals surface area contributed by atoms with Crippen molar-refractivity contribution in [3.63, 3.8) is 0 Å². The van der Waals surface area contributed by atoms with Crippen molar-refractivity contribution >= 4 is 17.5 Å². The lowest BCUT2D eigenvalue weighted by Gasteiger charge is -2.22. The standard InChI is InChI=1S/C20H26O4/c1-2-3-4-5-6-7-19(22)16-8-10-18(11-9-16)24-20(23)14-15-12-17(21)13-15/h8-11,15H,2-7,12-14H2,1H3. The van der Waals surface area contributed by atoms with Gasteiger partial charge in [0.25, 0.3) is 0 Å². The average Bonchev–Trinajstić information content (AvgIpc) is 2.53. The molecule has 2 rings (SSSR count). The van der Waals surface area contributed by atoms with Gasteiger partial charge in [-0.25, -0.2) is 0 Å². The summed E-state index contributed by atoms with van der Waals surface area (Å²) in [6, 6.07) is 6.75. The Morgan fingerprint density at radius 2 is 1.71 bits per heavy atom. The van der Waals surface area contributed by atoms with E-state index in [-0.39, 0.29) is 29.9 Å². The molecule has 0 radical (unpaired) electrons. The maximum absolute atomic E-state index is 12.1. The highest BCUT2D eigenvalue weighted by molar-refractivity contribution is 5.96. The fraction of sp³-hybridized carbons (Fsp3) is 0.550. The number of unbranched alkanes of at least 4 members (excludes halogenated alkanes) is 4. The summed E-state index contributed by atoms with van der Waals surface area (Å²) >= 11 is 0. The predicted molar refractivity (Wildman–Crippen MR) is 92.1 cm³/mol. The van der Waals surface area contributed by atoms with Crippen molar-refractivity contribution in [2.45, 2.75) is 64.7 Å². The van der Waals surface area contributed by atoms with E-state index in [9.17, 15) is 14.4 Å². The SMILES string of the molecule is CCCCCCCC(=O)c1ccc(OC(=O)CC2CC(=O)C2)cc1. The first-order valence-electron chi connectivity index (χ1n) is 8.94. The molecule has 0 heterocycles. The Labute approximate surface area is 143 Å². The van der Waals surface area contributed by atoms with Crippen LogP contribution in [0.1, 0.15) is 75.1 Å². The van der Waals surface area contributed by atoms with Crippen LogP contribution < -0.4 is 4.74 Å². The van der Waals surface area contributed by atoms with Crippen LogP contribution in [-0.2, 0) is 9.59 Å². The van der Waals surface area contributed by atoms with E-state index < -0.39 is 0 Å². The molecule has 1 aliphatic carbocycles. The number of ketones is 2. The lowest BCUT2D eigenvalue weighted by molar-refractivity contribution is -0.138. The molecule has 0 aliphatic heterocycles. The first kappa shape index (κ1) is 18.4. The van der Waals surface area contributed by atoms with E-state index in [1.807, 2.05) is 0 Å². The molecule has 0 unspecified atom stereocenters. The van der Waals surface area contributed by atoms with Gasteiger partial charge in [-0.3, -0.25) is 14.4 Å². The van der Waals surface area contributed by atoms with Crippen LogP contribution in [0, 0.1) is 5.92 Å². The zero-order valence-corrected chi connectivity index (χ0v) is 14.4. The van der Waals surface area contributed by atoms with Crippen molar-refractivity contribution in [1.82, 2.24) is 0 Å². The molecule has 130 valence electrons. The first-order chi connectivity index (χ1) is 11.6. The van der Waals surface area contributed by atoms with E-state index in [1.54, 1.807) is 24.3 Å². The van der Waals surface area contributed by atoms with Gasteiger partial charge in [0.2, 0.25) is 0 Å². The summed E-state index contributed by atoms with van der Waals surface area (Å²) in [7, 11) is 0. The van der Waals surface area contributed by atoms with E-state index in [0.29, 0.717) is 30.6 Å². The first-order valence-corrected chi connectivity index (χ1v) is 8.94. The van der Waals surface area contributed by atoms with Crippen LogP contribution in [-0.4, -0.2) is 17.5 Å². The normalized spacial score (nSPS) is 14.3. The fourth-order valence-corrected chi connectivity index (χ4v) is 2.88. The van der Waals surface area contributed by atoms with Gasteiger partial charge in [-0.1, -0.05) is 32.6 Å². The Bertz CT molecular complexity index is 566. The number of esters is 1. The Balaban J connectivity index is 1.72. The molecule has 4 heteroatoms. The van der Waals surface area contributed by atoms with Gasteiger partial charge in [-0.2, -0.15) is 0 Å². The largest absolute Gasteiger partial charge is 0.427 e. The lowest BCUT2D eigenvalue weighted by Crippen LogP contribution is -2.27. The zero-order chi connectivity index (χ0) is 17.4. The molecule has 1 fully saturated rings. The third-order valence-electron chi connectivity index (χ3n) is 4.40. The highest BCUT2D eigenvalue weighted by Crippen LogP contribution is 2.26. The highest BCUT2D eigenvalue weighted by atomic mass is 16.5. The minimum absolute atomic E-state index is 0.136. The van der Waals surface area contributed by atoms with Crippen molar-refractivity contribution in [1.29, 1.82) is 0 Å². The number of carbonyl (C=O) groups is 3. The summed E-state index contributed by atoms with van der Waals surface area (Å²) in [6.45, 7) is 2.17. The number of rotatable bonds is 10. The average molecular weight is 330 g/mol. The molecule has 0 saturated heterocycles. The molecular formula is C20H26O4. The van der Waals surface area contributed by atoms with Gasteiger partial charge in [0.15, 0.2) is 5.78 Å². The van der Waals surface area contributed by atoms with E-state index in [0.717, 1.165) is 12.8 Å². The highest BCUT2D eigenvalue weighted by Gasteiger charge is 2.29. The van der Waals surface area contributed by atoms with Crippen LogP contribution in [0.25, 0.3) is 0 Å². The van der Waals surface area contributed by atoms with Crippen molar-refractivity contribution in [2.24, 2.45) is 5.92 Å². The van der Waals surface area contributed by atoms with Crippen molar-refractivity contribution in [2.75, 3.05) is 0 Å². The molecule has 4 nitrogen and oxygen atoms in total. The molecule has 24 heavy (non-hydrogen) atoms. The monoisotopic (exact) mass is 330 g/mol. The molecule has 0 amide bonds. The number of ether oxygens (including phenoxy) is 1. The van der Waals surface area contributed by atoms with E-state index >= 15 is 0 Å². The van der Waals surface area contributed by atoms with E-state index in [1.165, 1.54) is 19.3 Å². The van der Waals surface area contributed by atoms with Gasteiger partial charge in [0, 0.05) is 31.2 Å². The summed E-state index contributed by atoms with van der Waals surface area (Å²) in [6.07, 6.45) is 7.46. The summed E-state index contributed by atoms with van der Waals surface area (Å²) < 4.78 is 5.25. The van der Waals surface area contributed by atoms with E-state index in [2.05, 4.69) is 6.92 Å². The van der Waals surface area contributed by atoms with Gasteiger partial charge < -0.3 is 4.74 Å². The number of benzene rings is 1. The minimum Gasteiger partial charge on any atom is -0.427 e. The van der Waals surface area contributed by atoms with Crippen LogP contribution >= 0.6 is 0 Å². The summed E-state index contributed by atoms with van der Waals surface area (Å²) in [5.74, 6) is 0.619. The third kappa shape index (κ3) is 5.91. The topological polar surface area (TPSA) is 60.4 Å². The van der Waals surface area contributed by atoms with Crippen molar-refractivity contribution < 1.29 is 19.1 Å². The molecule has 0 aromatic heterocycles. The Kier molecular flexibility index (Phi) is 7.16. The molecule has 0 atom stereocenters. The molecule has 0 spiro atoms. The Morgan fingerprint density at radius 1 is 1.04 bits per heavy atom. The second-order valence-corrected chi connectivity index (χ2v) is 6.60. The van der Waals surface area contributed by atoms with E-state index in [4.69, 9.17) is 4.74 Å². The molecule has 0 N–H and O–H groups in total. The number of carbonyl (C=O) groups excluding carboxylic acids is 3. The predicted octanol–water partition coefficient (Wildman–Crippen LogP) is 4.50. The van der Waals surface area contributed by atoms with Gasteiger partial charge in [0.05, 0.1) is 0 Å². The second-order valence-electron chi connectivity index (χ2n) is 6.60. The smallest absolute Gasteiger partial charge is 0.311 e. The molecule has 1 saturated carbocycles. The molecule has 1 aromatic rings. The molecule has 0 bridgehead atoms. The van der Waals surface area contributed by atoms with Crippen LogP contribution in [0.5, 0.6) is 5.75 Å². The molecular weight excluding hydrogens is 304 g/mol. The molecule has 1 aromatic carbocycles. The number of hydrogen-bond donors (Lipinski definition) is 0. The molecule has 1 aliphatic rings. The number of hydrogen-bond acceptors (Lipinski definition) is 4. The summed E-state index contributed by atoms with van der Waals surface area (Å²) in [5.41, 5.74) is 0.662. The van der Waals surface area contributed by atoms with Crippen LogP contribution in [0.3, 0.4) is 0 Å². The van der Waals surface area contributed by atoms with Crippen molar-refractivity contribution in [3.8, 4) is 5.75 Å². The number of Topliss-reactive ketones (excluding diaryl/α,β-unsaturated/α-hetero) is 2. The quantitative estimate of drug-likeness (QED) is 0.274. The minimum atomic E-state index is -0.317. The van der Waals surface area contributed by atoms with Crippen LogP contribution in [0.2, 0.25) is 0 Å². The maximum Gasteiger partial charge on any atom is 0.311 e. The van der Waals surface area contributed by atoms with Gasteiger partial charge in [0.1, 0.15) is 11.5 Å². The zero-order valence-electron chi connectivity index (χ0n) is 14.4. The van der Waals surface area contributed by atoms with Crippen molar-refractivity contribution in [3.05, 3.63) is 29.8 Å². The Hall–Kier alpha value is -1.97. The summed E-state index contributed by atoms with van der Waals surface area (Å²) in [5, 5.41) is 0. The van der Waals surface area contributed by atoms with Gasteiger partial charge in [-0.15, -0.1) is 0 Å². The van der Waals surface area contributed by atoms with Gasteiger partial charge >= 0.3 is 5.97 Å². The Morgan fingerprint density at radius 3 is 2.33 bits per heavy atom. The third-order valence-corrected chi connectivity index (χ3v) is 4.40. The lowest BCUT2D eigenvalue weighted by atomic mass is 9.82. The van der Waals surface area contributed by atoms with Crippen LogP contribution in [0.15, 0.2) is 24.3 Å². The van der Waals surface area contributed by atoms with Crippen LogP contribution in [0.4, 0.5) is 0 Å². The van der Waals surface area contributed by atoms with Gasteiger partial charge in [-0.05, 0) is 36.6 Å². The maximum atomic E-state index is 12.1. The summed E-state index contributed by atoms with van der Waals surface area (Å²) in [4.78, 5) is 34.8. The fourth-order valence-electron chi connectivity index (χ4n) is 2.88. The second kappa shape index (κ2) is 9.36.